The van der Waals surface area contributed by atoms with E-state index in [-0.39, 0.29) is 18.4 Å². The summed E-state index contributed by atoms with van der Waals surface area (Å²) >= 11 is 0. The minimum Gasteiger partial charge on any atom is -0.395 e. The van der Waals surface area contributed by atoms with Gasteiger partial charge in [-0.3, -0.25) is 19.3 Å². The van der Waals surface area contributed by atoms with Crippen LogP contribution in [0.2, 0.25) is 0 Å². The lowest BCUT2D eigenvalue weighted by molar-refractivity contribution is 0.0981. The van der Waals surface area contributed by atoms with Crippen molar-refractivity contribution < 1.29 is 19.8 Å². The summed E-state index contributed by atoms with van der Waals surface area (Å²) < 4.78 is 1.75. The van der Waals surface area contributed by atoms with Crippen LogP contribution in [0.25, 0.3) is 11.1 Å². The molecule has 10 nitrogen and oxygen atoms in total. The molecule has 0 saturated carbocycles. The minimum atomic E-state index is -0.587. The van der Waals surface area contributed by atoms with E-state index in [1.165, 1.54) is 0 Å². The molecular formula is C32H34N6O4. The number of benzene rings is 2. The molecule has 2 aliphatic heterocycles. The number of carbonyl (C=O) groups excluding carboxylic acids is 2. The van der Waals surface area contributed by atoms with Crippen molar-refractivity contribution in [3.8, 4) is 11.1 Å². The van der Waals surface area contributed by atoms with Gasteiger partial charge in [0.15, 0.2) is 5.69 Å². The SMILES string of the molecule is Cc1c(NC(=O)c2ccc(CNCCO)cn2)cccc1-c1cccc2c1CCN2C(=O)c1cc2n(n1)CCCC2O. The third-order valence-corrected chi connectivity index (χ3v) is 8.04. The second kappa shape index (κ2) is 11.8. The molecule has 0 fully saturated rings. The van der Waals surface area contributed by atoms with Crippen molar-refractivity contribution in [3.63, 3.8) is 0 Å². The molecule has 4 N–H and O–H groups in total. The number of aliphatic hydroxyl groups excluding tert-OH is 2. The van der Waals surface area contributed by atoms with E-state index >= 15 is 0 Å². The molecule has 1 unspecified atom stereocenters. The summed E-state index contributed by atoms with van der Waals surface area (Å²) in [6, 6.07) is 17.0. The van der Waals surface area contributed by atoms with E-state index in [1.807, 2.05) is 43.3 Å². The van der Waals surface area contributed by atoms with Gasteiger partial charge in [0, 0.05) is 43.8 Å². The van der Waals surface area contributed by atoms with Crippen LogP contribution in [0.15, 0.2) is 60.8 Å². The lowest BCUT2D eigenvalue weighted by Gasteiger charge is -2.18. The number of aromatic nitrogens is 3. The fourth-order valence-electron chi connectivity index (χ4n) is 5.83. The first-order valence-corrected chi connectivity index (χ1v) is 14.3. The summed E-state index contributed by atoms with van der Waals surface area (Å²) in [7, 11) is 0. The van der Waals surface area contributed by atoms with E-state index in [2.05, 4.69) is 26.8 Å². The third-order valence-electron chi connectivity index (χ3n) is 8.04. The summed E-state index contributed by atoms with van der Waals surface area (Å²) in [6.07, 6.45) is 3.29. The zero-order valence-electron chi connectivity index (χ0n) is 23.5. The molecule has 2 aliphatic rings. The summed E-state index contributed by atoms with van der Waals surface area (Å²) in [5.41, 5.74) is 7.85. The second-order valence-electron chi connectivity index (χ2n) is 10.7. The Morgan fingerprint density at radius 2 is 1.88 bits per heavy atom. The van der Waals surface area contributed by atoms with Crippen molar-refractivity contribution in [2.75, 3.05) is 29.9 Å². The molecule has 0 bridgehead atoms. The molecule has 2 aromatic heterocycles. The van der Waals surface area contributed by atoms with Crippen LogP contribution >= 0.6 is 0 Å². The maximum absolute atomic E-state index is 13.5. The van der Waals surface area contributed by atoms with Crippen LogP contribution in [0.1, 0.15) is 62.3 Å². The normalized spacial score (nSPS) is 15.8. The second-order valence-corrected chi connectivity index (χ2v) is 10.7. The molecule has 0 radical (unpaired) electrons. The highest BCUT2D eigenvalue weighted by Crippen LogP contribution is 2.39. The molecule has 216 valence electrons. The average molecular weight is 567 g/mol. The van der Waals surface area contributed by atoms with E-state index < -0.39 is 6.10 Å². The number of amides is 2. The van der Waals surface area contributed by atoms with E-state index in [0.717, 1.165) is 39.9 Å². The zero-order valence-corrected chi connectivity index (χ0v) is 23.5. The lowest BCUT2D eigenvalue weighted by atomic mass is 9.93. The number of hydrogen-bond donors (Lipinski definition) is 4. The summed E-state index contributed by atoms with van der Waals surface area (Å²) in [5.74, 6) is -0.464. The predicted octanol–water partition coefficient (Wildman–Crippen LogP) is 3.62. The number of hydrogen-bond acceptors (Lipinski definition) is 7. The Kier molecular flexibility index (Phi) is 7.84. The number of aliphatic hydroxyl groups is 2. The monoisotopic (exact) mass is 566 g/mol. The molecule has 2 aromatic carbocycles. The molecule has 10 heteroatoms. The predicted molar refractivity (Wildman–Crippen MR) is 159 cm³/mol. The number of nitrogens with zero attached hydrogens (tertiary/aromatic N) is 4. The summed E-state index contributed by atoms with van der Waals surface area (Å²) in [4.78, 5) is 32.7. The van der Waals surface area contributed by atoms with Gasteiger partial charge in [-0.05, 0) is 78.3 Å². The number of fused-ring (bicyclic) bond motifs is 2. The molecule has 4 heterocycles. The van der Waals surface area contributed by atoms with Gasteiger partial charge in [0.05, 0.1) is 18.4 Å². The van der Waals surface area contributed by atoms with Gasteiger partial charge in [-0.1, -0.05) is 30.3 Å². The molecule has 0 saturated heterocycles. The topological polar surface area (TPSA) is 133 Å². The highest BCUT2D eigenvalue weighted by atomic mass is 16.3. The van der Waals surface area contributed by atoms with Crippen LogP contribution in [0.5, 0.6) is 0 Å². The number of aryl methyl sites for hydroxylation is 1. The number of nitrogens with one attached hydrogen (secondary N) is 2. The van der Waals surface area contributed by atoms with Crippen molar-refractivity contribution in [3.05, 3.63) is 94.6 Å². The van der Waals surface area contributed by atoms with Gasteiger partial charge < -0.3 is 25.7 Å². The van der Waals surface area contributed by atoms with Crippen LogP contribution in [0.4, 0.5) is 11.4 Å². The first-order valence-electron chi connectivity index (χ1n) is 14.3. The average Bonchev–Trinajstić information content (AvgIpc) is 3.64. The molecule has 0 spiro atoms. The summed E-state index contributed by atoms with van der Waals surface area (Å²) in [5, 5.41) is 29.9. The molecule has 6 rings (SSSR count). The molecule has 1 atom stereocenters. The molecule has 2 amide bonds. The van der Waals surface area contributed by atoms with Gasteiger partial charge in [-0.15, -0.1) is 0 Å². The molecule has 0 aliphatic carbocycles. The first-order chi connectivity index (χ1) is 20.4. The van der Waals surface area contributed by atoms with Crippen molar-refractivity contribution in [1.29, 1.82) is 0 Å². The number of carbonyl (C=O) groups is 2. The summed E-state index contributed by atoms with van der Waals surface area (Å²) in [6.45, 7) is 4.35. The number of anilines is 2. The highest BCUT2D eigenvalue weighted by Gasteiger charge is 2.31. The Bertz CT molecular complexity index is 1630. The van der Waals surface area contributed by atoms with Crippen LogP contribution in [-0.2, 0) is 19.5 Å². The van der Waals surface area contributed by atoms with Gasteiger partial charge in [0.25, 0.3) is 11.8 Å². The zero-order chi connectivity index (χ0) is 29.2. The molecule has 42 heavy (non-hydrogen) atoms. The van der Waals surface area contributed by atoms with Crippen molar-refractivity contribution in [2.45, 2.75) is 45.4 Å². The fraction of sp³-hybridized carbons (Fsp3) is 0.312. The Balaban J connectivity index is 1.22. The quantitative estimate of drug-likeness (QED) is 0.240. The number of rotatable bonds is 8. The smallest absolute Gasteiger partial charge is 0.278 e. The van der Waals surface area contributed by atoms with E-state index in [0.29, 0.717) is 61.8 Å². The van der Waals surface area contributed by atoms with E-state index in [1.54, 1.807) is 27.9 Å². The van der Waals surface area contributed by atoms with Crippen LogP contribution in [0, 0.1) is 6.92 Å². The fourth-order valence-corrected chi connectivity index (χ4v) is 5.83. The molecule has 4 aromatic rings. The van der Waals surface area contributed by atoms with E-state index in [4.69, 9.17) is 5.11 Å². The van der Waals surface area contributed by atoms with Gasteiger partial charge in [-0.2, -0.15) is 5.10 Å². The Labute approximate surface area is 244 Å². The minimum absolute atomic E-state index is 0.0627. The van der Waals surface area contributed by atoms with Gasteiger partial charge in [-0.25, -0.2) is 0 Å². The van der Waals surface area contributed by atoms with E-state index in [9.17, 15) is 14.7 Å². The van der Waals surface area contributed by atoms with Gasteiger partial charge in [0.1, 0.15) is 5.69 Å². The largest absolute Gasteiger partial charge is 0.395 e. The Morgan fingerprint density at radius 1 is 1.05 bits per heavy atom. The van der Waals surface area contributed by atoms with Crippen molar-refractivity contribution >= 4 is 23.2 Å². The van der Waals surface area contributed by atoms with Crippen molar-refractivity contribution in [2.24, 2.45) is 0 Å². The Morgan fingerprint density at radius 3 is 2.67 bits per heavy atom. The third kappa shape index (κ3) is 5.32. The maximum Gasteiger partial charge on any atom is 0.278 e. The number of pyridine rings is 1. The molecular weight excluding hydrogens is 532 g/mol. The van der Waals surface area contributed by atoms with Gasteiger partial charge in [0.2, 0.25) is 0 Å². The first kappa shape index (κ1) is 27.8. The van der Waals surface area contributed by atoms with Crippen molar-refractivity contribution in [1.82, 2.24) is 20.1 Å². The lowest BCUT2D eigenvalue weighted by Crippen LogP contribution is -2.29. The van der Waals surface area contributed by atoms with Crippen LogP contribution in [-0.4, -0.2) is 56.5 Å². The Hall–Kier alpha value is -4.38. The standard InChI is InChI=1S/C32H34N6O4/c1-20-22(5-2-7-25(20)35-31(41)26-11-10-21(19-34-26)18-33-13-16-39)23-6-3-8-28-24(23)12-15-37(28)32(42)27-17-29-30(40)9-4-14-38(29)36-27/h2-3,5-8,10-11,17,19,30,33,39-40H,4,9,12-16,18H2,1H3,(H,35,41). The maximum atomic E-state index is 13.5. The van der Waals surface area contributed by atoms with Gasteiger partial charge >= 0.3 is 0 Å². The highest BCUT2D eigenvalue weighted by molar-refractivity contribution is 6.07. The van der Waals surface area contributed by atoms with Crippen LogP contribution < -0.4 is 15.5 Å². The van der Waals surface area contributed by atoms with Crippen LogP contribution in [0.3, 0.4) is 0 Å².